The molecule has 1 heterocycles. The molecule has 0 aromatic heterocycles. The van der Waals surface area contributed by atoms with Gasteiger partial charge in [0.05, 0.1) is 6.10 Å². The first-order chi connectivity index (χ1) is 5.38. The summed E-state index contributed by atoms with van der Waals surface area (Å²) in [5, 5.41) is 11.9. The number of rotatable bonds is 4. The van der Waals surface area contributed by atoms with E-state index in [1.807, 2.05) is 7.05 Å². The van der Waals surface area contributed by atoms with Crippen LogP contribution >= 0.6 is 0 Å². The van der Waals surface area contributed by atoms with Gasteiger partial charge < -0.3 is 15.2 Å². The molecule has 3 nitrogen and oxygen atoms in total. The van der Waals surface area contributed by atoms with Gasteiger partial charge in [-0.25, -0.2) is 0 Å². The van der Waals surface area contributed by atoms with Crippen molar-refractivity contribution in [2.75, 3.05) is 20.3 Å². The molecule has 0 bridgehead atoms. The Kier molecular flexibility index (Phi) is 3.83. The number of nitrogens with one attached hydrogen (secondary N) is 1. The summed E-state index contributed by atoms with van der Waals surface area (Å²) in [6, 6.07) is 0.336. The van der Waals surface area contributed by atoms with E-state index in [0.717, 1.165) is 25.9 Å². The largest absolute Gasteiger partial charge is 0.396 e. The average molecular weight is 159 g/mol. The van der Waals surface area contributed by atoms with Gasteiger partial charge in [0, 0.05) is 19.3 Å². The second-order valence-electron chi connectivity index (χ2n) is 2.96. The quantitative estimate of drug-likeness (QED) is 0.613. The lowest BCUT2D eigenvalue weighted by atomic mass is 10.1. The van der Waals surface area contributed by atoms with Gasteiger partial charge in [-0.2, -0.15) is 0 Å². The lowest BCUT2D eigenvalue weighted by Crippen LogP contribution is -2.37. The molecule has 0 saturated carbocycles. The third-order valence-electron chi connectivity index (χ3n) is 2.22. The van der Waals surface area contributed by atoms with E-state index in [0.29, 0.717) is 12.1 Å². The van der Waals surface area contributed by atoms with Crippen LogP contribution in [0.25, 0.3) is 0 Å². The van der Waals surface area contributed by atoms with Gasteiger partial charge in [-0.15, -0.1) is 0 Å². The highest BCUT2D eigenvalue weighted by molar-refractivity contribution is 4.78. The van der Waals surface area contributed by atoms with Gasteiger partial charge in [-0.3, -0.25) is 0 Å². The highest BCUT2D eigenvalue weighted by atomic mass is 16.5. The van der Waals surface area contributed by atoms with E-state index < -0.39 is 0 Å². The molecule has 3 heteroatoms. The molecule has 1 saturated heterocycles. The predicted octanol–water partition coefficient (Wildman–Crippen LogP) is 0.136. The first-order valence-corrected chi connectivity index (χ1v) is 4.28. The Morgan fingerprint density at radius 2 is 2.55 bits per heavy atom. The van der Waals surface area contributed by atoms with Crippen LogP contribution in [0.1, 0.15) is 19.3 Å². The fraction of sp³-hybridized carbons (Fsp3) is 1.00. The average Bonchev–Trinajstić information content (AvgIpc) is 2.52. The molecule has 11 heavy (non-hydrogen) atoms. The predicted molar refractivity (Wildman–Crippen MR) is 43.5 cm³/mol. The molecule has 1 rings (SSSR count). The van der Waals surface area contributed by atoms with Gasteiger partial charge in [-0.1, -0.05) is 0 Å². The molecular formula is C8H17NO2. The van der Waals surface area contributed by atoms with Crippen molar-refractivity contribution in [2.24, 2.45) is 0 Å². The Morgan fingerprint density at radius 1 is 1.73 bits per heavy atom. The van der Waals surface area contributed by atoms with Crippen molar-refractivity contribution in [1.82, 2.24) is 5.32 Å². The number of aliphatic hydroxyl groups excluding tert-OH is 1. The van der Waals surface area contributed by atoms with Gasteiger partial charge >= 0.3 is 0 Å². The minimum Gasteiger partial charge on any atom is -0.396 e. The van der Waals surface area contributed by atoms with Crippen molar-refractivity contribution < 1.29 is 9.84 Å². The Balaban J connectivity index is 2.27. The van der Waals surface area contributed by atoms with Gasteiger partial charge in [0.2, 0.25) is 0 Å². The van der Waals surface area contributed by atoms with E-state index in [2.05, 4.69) is 5.32 Å². The van der Waals surface area contributed by atoms with Crippen molar-refractivity contribution in [3.8, 4) is 0 Å². The molecule has 0 spiro atoms. The van der Waals surface area contributed by atoms with E-state index in [1.54, 1.807) is 0 Å². The van der Waals surface area contributed by atoms with Gasteiger partial charge in [0.25, 0.3) is 0 Å². The number of likely N-dealkylation sites (N-methyl/N-ethyl adjacent to an activating group) is 1. The zero-order valence-corrected chi connectivity index (χ0v) is 7.05. The third kappa shape index (κ3) is 2.43. The lowest BCUT2D eigenvalue weighted by molar-refractivity contribution is 0.0714. The summed E-state index contributed by atoms with van der Waals surface area (Å²) in [5.74, 6) is 0. The van der Waals surface area contributed by atoms with Crippen LogP contribution in [0.15, 0.2) is 0 Å². The Labute approximate surface area is 67.7 Å². The fourth-order valence-electron chi connectivity index (χ4n) is 1.58. The molecule has 0 amide bonds. The monoisotopic (exact) mass is 159 g/mol. The summed E-state index contributed by atoms with van der Waals surface area (Å²) in [6.45, 7) is 1.12. The van der Waals surface area contributed by atoms with E-state index in [9.17, 15) is 0 Å². The zero-order valence-electron chi connectivity index (χ0n) is 7.05. The fourth-order valence-corrected chi connectivity index (χ4v) is 1.58. The minimum absolute atomic E-state index is 0.241. The standard InChI is InChI=1S/C8H17NO2/c1-9-7(4-5-10)8-3-2-6-11-8/h7-10H,2-6H2,1H3. The summed E-state index contributed by atoms with van der Waals surface area (Å²) in [4.78, 5) is 0. The molecule has 0 radical (unpaired) electrons. The second kappa shape index (κ2) is 4.70. The van der Waals surface area contributed by atoms with Crippen molar-refractivity contribution in [3.63, 3.8) is 0 Å². The molecular weight excluding hydrogens is 142 g/mol. The molecule has 0 aliphatic carbocycles. The molecule has 0 aromatic carbocycles. The normalized spacial score (nSPS) is 27.3. The van der Waals surface area contributed by atoms with Gasteiger partial charge in [0.1, 0.15) is 0 Å². The summed E-state index contributed by atoms with van der Waals surface area (Å²) < 4.78 is 5.48. The van der Waals surface area contributed by atoms with Crippen molar-refractivity contribution in [3.05, 3.63) is 0 Å². The van der Waals surface area contributed by atoms with Crippen LogP contribution in [0.3, 0.4) is 0 Å². The van der Waals surface area contributed by atoms with Crippen LogP contribution in [-0.2, 0) is 4.74 Å². The first kappa shape index (κ1) is 8.97. The third-order valence-corrected chi connectivity index (χ3v) is 2.22. The highest BCUT2D eigenvalue weighted by Gasteiger charge is 2.23. The molecule has 1 fully saturated rings. The number of hydrogen-bond acceptors (Lipinski definition) is 3. The molecule has 0 aromatic rings. The molecule has 1 aliphatic rings. The zero-order chi connectivity index (χ0) is 8.10. The van der Waals surface area contributed by atoms with E-state index >= 15 is 0 Å². The molecule has 2 unspecified atom stereocenters. The maximum Gasteiger partial charge on any atom is 0.0729 e. The van der Waals surface area contributed by atoms with Gasteiger partial charge in [0.15, 0.2) is 0 Å². The molecule has 2 atom stereocenters. The lowest BCUT2D eigenvalue weighted by Gasteiger charge is -2.21. The summed E-state index contributed by atoms with van der Waals surface area (Å²) in [5.41, 5.74) is 0. The second-order valence-corrected chi connectivity index (χ2v) is 2.96. The maximum absolute atomic E-state index is 8.73. The summed E-state index contributed by atoms with van der Waals surface area (Å²) in [7, 11) is 1.92. The van der Waals surface area contributed by atoms with Crippen molar-refractivity contribution >= 4 is 0 Å². The summed E-state index contributed by atoms with van der Waals surface area (Å²) >= 11 is 0. The molecule has 1 aliphatic heterocycles. The van der Waals surface area contributed by atoms with Crippen molar-refractivity contribution in [2.45, 2.75) is 31.4 Å². The van der Waals surface area contributed by atoms with E-state index in [1.165, 1.54) is 0 Å². The van der Waals surface area contributed by atoms with Crippen LogP contribution in [0.2, 0.25) is 0 Å². The minimum atomic E-state index is 0.241. The Bertz CT molecular complexity index is 102. The van der Waals surface area contributed by atoms with Crippen LogP contribution in [0.4, 0.5) is 0 Å². The Morgan fingerprint density at radius 3 is 3.00 bits per heavy atom. The number of hydrogen-bond donors (Lipinski definition) is 2. The summed E-state index contributed by atoms with van der Waals surface area (Å²) in [6.07, 6.45) is 3.41. The van der Waals surface area contributed by atoms with E-state index in [4.69, 9.17) is 9.84 Å². The van der Waals surface area contributed by atoms with Gasteiger partial charge in [-0.05, 0) is 26.3 Å². The van der Waals surface area contributed by atoms with E-state index in [-0.39, 0.29) is 6.61 Å². The number of aliphatic hydroxyl groups is 1. The van der Waals surface area contributed by atoms with Crippen LogP contribution in [-0.4, -0.2) is 37.5 Å². The van der Waals surface area contributed by atoms with Crippen LogP contribution in [0.5, 0.6) is 0 Å². The highest BCUT2D eigenvalue weighted by Crippen LogP contribution is 2.16. The first-order valence-electron chi connectivity index (χ1n) is 4.28. The number of ether oxygens (including phenoxy) is 1. The smallest absolute Gasteiger partial charge is 0.0729 e. The van der Waals surface area contributed by atoms with Crippen LogP contribution < -0.4 is 5.32 Å². The molecule has 2 N–H and O–H groups in total. The maximum atomic E-state index is 8.73. The van der Waals surface area contributed by atoms with Crippen LogP contribution in [0, 0.1) is 0 Å². The SMILES string of the molecule is CNC(CCO)C1CCCO1. The Hall–Kier alpha value is -0.120. The van der Waals surface area contributed by atoms with Crippen molar-refractivity contribution in [1.29, 1.82) is 0 Å². The molecule has 66 valence electrons. The topological polar surface area (TPSA) is 41.5 Å².